The number of carbonyl (C=O) groups excluding carboxylic acids is 1. The number of rotatable bonds is 3. The zero-order chi connectivity index (χ0) is 14.4. The van der Waals surface area contributed by atoms with Crippen LogP contribution in [0.1, 0.15) is 53.6 Å². The van der Waals surface area contributed by atoms with E-state index in [0.29, 0.717) is 6.54 Å². The predicted molar refractivity (Wildman–Crippen MR) is 83.8 cm³/mol. The lowest BCUT2D eigenvalue weighted by molar-refractivity contribution is 0.0923. The van der Waals surface area contributed by atoms with Crippen molar-refractivity contribution in [3.05, 3.63) is 21.9 Å². The molecule has 0 radical (unpaired) electrons. The second-order valence-corrected chi connectivity index (χ2v) is 6.81. The summed E-state index contributed by atoms with van der Waals surface area (Å²) in [6.45, 7) is 3.39. The van der Waals surface area contributed by atoms with Gasteiger partial charge in [0.25, 0.3) is 5.91 Å². The van der Waals surface area contributed by atoms with E-state index < -0.39 is 0 Å². The van der Waals surface area contributed by atoms with Gasteiger partial charge in [-0.25, -0.2) is 0 Å². The van der Waals surface area contributed by atoms with Crippen LogP contribution >= 0.6 is 11.3 Å². The summed E-state index contributed by atoms with van der Waals surface area (Å²) in [6, 6.07) is 3.72. The molecular formula is C16H22N2OS. The molecule has 1 saturated carbocycles. The molecule has 0 aromatic carbocycles. The first-order chi connectivity index (χ1) is 9.63. The van der Waals surface area contributed by atoms with E-state index in [-0.39, 0.29) is 11.3 Å². The topological polar surface area (TPSA) is 55.1 Å². The maximum atomic E-state index is 12.1. The summed E-state index contributed by atoms with van der Waals surface area (Å²) in [6.07, 6.45) is 6.32. The molecule has 4 heteroatoms. The number of hydrogen-bond acceptors (Lipinski definition) is 3. The maximum Gasteiger partial charge on any atom is 0.261 e. The van der Waals surface area contributed by atoms with Gasteiger partial charge in [0, 0.05) is 6.54 Å². The van der Waals surface area contributed by atoms with Gasteiger partial charge in [-0.3, -0.25) is 4.79 Å². The first kappa shape index (κ1) is 15.1. The Morgan fingerprint density at radius 1 is 1.40 bits per heavy atom. The van der Waals surface area contributed by atoms with Gasteiger partial charge in [-0.15, -0.1) is 11.3 Å². The van der Waals surface area contributed by atoms with Crippen molar-refractivity contribution in [3.63, 3.8) is 0 Å². The monoisotopic (exact) mass is 290 g/mol. The smallest absolute Gasteiger partial charge is 0.261 e. The van der Waals surface area contributed by atoms with Crippen molar-refractivity contribution < 1.29 is 4.79 Å². The van der Waals surface area contributed by atoms with Gasteiger partial charge in [0.1, 0.15) is 0 Å². The number of amides is 1. The summed E-state index contributed by atoms with van der Waals surface area (Å²) in [5.41, 5.74) is 5.61. The Morgan fingerprint density at radius 3 is 2.85 bits per heavy atom. The molecule has 1 aliphatic rings. The SMILES string of the molecule is CC1(CNC(=O)c2ccc(C#CCN)s2)CCCCC1. The van der Waals surface area contributed by atoms with Crippen LogP contribution in [0.2, 0.25) is 0 Å². The highest BCUT2D eigenvalue weighted by Crippen LogP contribution is 2.35. The number of nitrogens with one attached hydrogen (secondary N) is 1. The van der Waals surface area contributed by atoms with Gasteiger partial charge >= 0.3 is 0 Å². The summed E-state index contributed by atoms with van der Waals surface area (Å²) in [4.78, 5) is 13.8. The quantitative estimate of drug-likeness (QED) is 0.841. The minimum absolute atomic E-state index is 0.0163. The predicted octanol–water partition coefficient (Wildman–Crippen LogP) is 2.76. The Bertz CT molecular complexity index is 518. The molecule has 0 atom stereocenters. The molecular weight excluding hydrogens is 268 g/mol. The van der Waals surface area contributed by atoms with Crippen LogP contribution in [-0.4, -0.2) is 19.0 Å². The van der Waals surface area contributed by atoms with E-state index in [1.54, 1.807) is 0 Å². The third kappa shape index (κ3) is 4.09. The van der Waals surface area contributed by atoms with E-state index in [1.807, 2.05) is 12.1 Å². The lowest BCUT2D eigenvalue weighted by Crippen LogP contribution is -2.36. The largest absolute Gasteiger partial charge is 0.351 e. The molecule has 2 rings (SSSR count). The standard InChI is InChI=1S/C16H22N2OS/c1-16(9-3-2-4-10-16)12-18-15(19)14-8-7-13(20-14)6-5-11-17/h7-8H,2-4,9-12,17H2,1H3,(H,18,19). The highest BCUT2D eigenvalue weighted by molar-refractivity contribution is 7.14. The normalized spacial score (nSPS) is 17.1. The van der Waals surface area contributed by atoms with Crippen molar-refractivity contribution >= 4 is 17.2 Å². The van der Waals surface area contributed by atoms with Crippen LogP contribution in [0.3, 0.4) is 0 Å². The third-order valence-electron chi connectivity index (χ3n) is 3.88. The van der Waals surface area contributed by atoms with Gasteiger partial charge in [-0.2, -0.15) is 0 Å². The van der Waals surface area contributed by atoms with E-state index in [4.69, 9.17) is 5.73 Å². The van der Waals surface area contributed by atoms with E-state index in [9.17, 15) is 4.79 Å². The number of carbonyl (C=O) groups is 1. The summed E-state index contributed by atoms with van der Waals surface area (Å²) >= 11 is 1.43. The van der Waals surface area contributed by atoms with Crippen molar-refractivity contribution in [3.8, 4) is 11.8 Å². The highest BCUT2D eigenvalue weighted by Gasteiger charge is 2.27. The minimum atomic E-state index is 0.0163. The maximum absolute atomic E-state index is 12.1. The molecule has 0 unspecified atom stereocenters. The Labute approximate surface area is 124 Å². The van der Waals surface area contributed by atoms with Crippen molar-refractivity contribution in [1.82, 2.24) is 5.32 Å². The van der Waals surface area contributed by atoms with Crippen molar-refractivity contribution in [2.24, 2.45) is 11.1 Å². The van der Waals surface area contributed by atoms with Crippen LogP contribution < -0.4 is 11.1 Å². The lowest BCUT2D eigenvalue weighted by atomic mass is 9.76. The zero-order valence-electron chi connectivity index (χ0n) is 12.0. The second kappa shape index (κ2) is 6.92. The number of thiophene rings is 1. The fraction of sp³-hybridized carbons (Fsp3) is 0.562. The molecule has 1 aromatic heterocycles. The van der Waals surface area contributed by atoms with Gasteiger partial charge in [-0.05, 0) is 30.4 Å². The molecule has 3 nitrogen and oxygen atoms in total. The van der Waals surface area contributed by atoms with Gasteiger partial charge in [-0.1, -0.05) is 38.0 Å². The van der Waals surface area contributed by atoms with Gasteiger partial charge in [0.2, 0.25) is 0 Å². The Balaban J connectivity index is 1.89. The average Bonchev–Trinajstić information content (AvgIpc) is 2.92. The molecule has 1 aliphatic carbocycles. The third-order valence-corrected chi connectivity index (χ3v) is 4.88. The van der Waals surface area contributed by atoms with Gasteiger partial charge < -0.3 is 11.1 Å². The van der Waals surface area contributed by atoms with Crippen molar-refractivity contribution in [2.45, 2.75) is 39.0 Å². The van der Waals surface area contributed by atoms with Crippen LogP contribution in [-0.2, 0) is 0 Å². The zero-order valence-corrected chi connectivity index (χ0v) is 12.8. The second-order valence-electron chi connectivity index (χ2n) is 5.72. The van der Waals surface area contributed by atoms with E-state index in [1.165, 1.54) is 43.4 Å². The van der Waals surface area contributed by atoms with Crippen LogP contribution in [0.25, 0.3) is 0 Å². The molecule has 1 fully saturated rings. The highest BCUT2D eigenvalue weighted by atomic mass is 32.1. The molecule has 0 spiro atoms. The van der Waals surface area contributed by atoms with Crippen LogP contribution in [0, 0.1) is 17.3 Å². The van der Waals surface area contributed by atoms with Gasteiger partial charge in [0.15, 0.2) is 0 Å². The van der Waals surface area contributed by atoms with E-state index >= 15 is 0 Å². The number of nitrogens with two attached hydrogens (primary N) is 1. The van der Waals surface area contributed by atoms with Crippen LogP contribution in [0.15, 0.2) is 12.1 Å². The summed E-state index contributed by atoms with van der Waals surface area (Å²) < 4.78 is 0. The Kier molecular flexibility index (Phi) is 5.22. The molecule has 3 N–H and O–H groups in total. The Morgan fingerprint density at radius 2 is 2.15 bits per heavy atom. The van der Waals surface area contributed by atoms with E-state index in [0.717, 1.165) is 16.3 Å². The lowest BCUT2D eigenvalue weighted by Gasteiger charge is -2.33. The first-order valence-corrected chi connectivity index (χ1v) is 8.02. The molecule has 108 valence electrons. The molecule has 1 amide bonds. The molecule has 1 heterocycles. The number of hydrogen-bond donors (Lipinski definition) is 2. The summed E-state index contributed by atoms with van der Waals surface area (Å²) in [5.74, 6) is 5.78. The molecule has 0 aliphatic heterocycles. The first-order valence-electron chi connectivity index (χ1n) is 7.20. The fourth-order valence-electron chi connectivity index (χ4n) is 2.63. The van der Waals surface area contributed by atoms with Gasteiger partial charge in [0.05, 0.1) is 16.3 Å². The average molecular weight is 290 g/mol. The molecule has 0 saturated heterocycles. The van der Waals surface area contributed by atoms with Crippen LogP contribution in [0.5, 0.6) is 0 Å². The fourth-order valence-corrected chi connectivity index (χ4v) is 3.43. The molecule has 20 heavy (non-hydrogen) atoms. The minimum Gasteiger partial charge on any atom is -0.351 e. The molecule has 0 bridgehead atoms. The summed E-state index contributed by atoms with van der Waals surface area (Å²) in [5, 5.41) is 3.08. The summed E-state index contributed by atoms with van der Waals surface area (Å²) in [7, 11) is 0. The van der Waals surface area contributed by atoms with E-state index in [2.05, 4.69) is 24.1 Å². The Hall–Kier alpha value is -1.31. The molecule has 1 aromatic rings. The van der Waals surface area contributed by atoms with Crippen molar-refractivity contribution in [1.29, 1.82) is 0 Å². The van der Waals surface area contributed by atoms with Crippen LogP contribution in [0.4, 0.5) is 0 Å². The van der Waals surface area contributed by atoms with Crippen molar-refractivity contribution in [2.75, 3.05) is 13.1 Å².